The SMILES string of the molecule is CCNC(CC(C)CC)c1ccc(F)c(Br)c1. The Balaban J connectivity index is 2.84. The van der Waals surface area contributed by atoms with E-state index in [1.807, 2.05) is 12.1 Å². The zero-order chi connectivity index (χ0) is 12.8. The molecule has 2 atom stereocenters. The fourth-order valence-corrected chi connectivity index (χ4v) is 2.28. The molecule has 0 aliphatic heterocycles. The molecule has 0 spiro atoms. The van der Waals surface area contributed by atoms with Gasteiger partial charge in [-0.15, -0.1) is 0 Å². The monoisotopic (exact) mass is 301 g/mol. The Kier molecular flexibility index (Phi) is 6.14. The summed E-state index contributed by atoms with van der Waals surface area (Å²) in [4.78, 5) is 0. The van der Waals surface area contributed by atoms with Crippen LogP contribution in [-0.2, 0) is 0 Å². The highest BCUT2D eigenvalue weighted by atomic mass is 79.9. The molecule has 0 fully saturated rings. The van der Waals surface area contributed by atoms with Gasteiger partial charge >= 0.3 is 0 Å². The van der Waals surface area contributed by atoms with Crippen LogP contribution in [0.25, 0.3) is 0 Å². The van der Waals surface area contributed by atoms with Crippen LogP contribution in [0.2, 0.25) is 0 Å². The Hall–Kier alpha value is -0.410. The van der Waals surface area contributed by atoms with Crippen LogP contribution in [0.15, 0.2) is 22.7 Å². The Labute approximate surface area is 112 Å². The number of benzene rings is 1. The fourth-order valence-electron chi connectivity index (χ4n) is 1.88. The van der Waals surface area contributed by atoms with Crippen molar-refractivity contribution < 1.29 is 4.39 Å². The number of hydrogen-bond donors (Lipinski definition) is 1. The van der Waals surface area contributed by atoms with Crippen LogP contribution in [0, 0.1) is 11.7 Å². The van der Waals surface area contributed by atoms with E-state index in [4.69, 9.17) is 0 Å². The first-order chi connectivity index (χ1) is 8.08. The number of halogens is 2. The van der Waals surface area contributed by atoms with Crippen molar-refractivity contribution in [3.05, 3.63) is 34.1 Å². The molecule has 0 aromatic heterocycles. The quantitative estimate of drug-likeness (QED) is 0.805. The summed E-state index contributed by atoms with van der Waals surface area (Å²) in [5.74, 6) is 0.468. The molecule has 0 saturated carbocycles. The Bertz CT molecular complexity index is 354. The first kappa shape index (κ1) is 14.7. The molecular weight excluding hydrogens is 281 g/mol. The Morgan fingerprint density at radius 1 is 1.35 bits per heavy atom. The fraction of sp³-hybridized carbons (Fsp3) is 0.571. The third-order valence-electron chi connectivity index (χ3n) is 3.13. The van der Waals surface area contributed by atoms with E-state index >= 15 is 0 Å². The maximum atomic E-state index is 13.2. The maximum Gasteiger partial charge on any atom is 0.137 e. The molecule has 0 aliphatic carbocycles. The van der Waals surface area contributed by atoms with Gasteiger partial charge in [0.05, 0.1) is 4.47 Å². The Morgan fingerprint density at radius 2 is 2.06 bits per heavy atom. The lowest BCUT2D eigenvalue weighted by molar-refractivity contribution is 0.408. The van der Waals surface area contributed by atoms with Crippen LogP contribution >= 0.6 is 15.9 Å². The summed E-state index contributed by atoms with van der Waals surface area (Å²) in [5, 5.41) is 3.47. The lowest BCUT2D eigenvalue weighted by Gasteiger charge is -2.22. The van der Waals surface area contributed by atoms with Crippen molar-refractivity contribution in [2.24, 2.45) is 5.92 Å². The highest BCUT2D eigenvalue weighted by Gasteiger charge is 2.14. The van der Waals surface area contributed by atoms with Gasteiger partial charge < -0.3 is 5.32 Å². The Morgan fingerprint density at radius 3 is 2.59 bits per heavy atom. The summed E-state index contributed by atoms with van der Waals surface area (Å²) in [7, 11) is 0. The standard InChI is InChI=1S/C14H21BrFN/c1-4-10(3)8-14(17-5-2)11-6-7-13(16)12(15)9-11/h6-7,9-10,14,17H,4-5,8H2,1-3H3. The highest BCUT2D eigenvalue weighted by Crippen LogP contribution is 2.26. The van der Waals surface area contributed by atoms with Gasteiger partial charge in [0.1, 0.15) is 5.82 Å². The third-order valence-corrected chi connectivity index (χ3v) is 3.74. The second-order valence-corrected chi connectivity index (χ2v) is 5.39. The van der Waals surface area contributed by atoms with E-state index < -0.39 is 0 Å². The van der Waals surface area contributed by atoms with E-state index in [0.29, 0.717) is 16.4 Å². The van der Waals surface area contributed by atoms with E-state index in [2.05, 4.69) is 42.0 Å². The van der Waals surface area contributed by atoms with Gasteiger partial charge in [0.2, 0.25) is 0 Å². The van der Waals surface area contributed by atoms with Crippen molar-refractivity contribution in [3.63, 3.8) is 0 Å². The average Bonchev–Trinajstić information content (AvgIpc) is 2.32. The minimum atomic E-state index is -0.201. The van der Waals surface area contributed by atoms with Gasteiger partial charge in [-0.2, -0.15) is 0 Å². The van der Waals surface area contributed by atoms with Crippen molar-refractivity contribution >= 4 is 15.9 Å². The largest absolute Gasteiger partial charge is 0.310 e. The molecule has 0 bridgehead atoms. The molecular formula is C14H21BrFN. The van der Waals surface area contributed by atoms with E-state index in [-0.39, 0.29) is 5.82 Å². The van der Waals surface area contributed by atoms with Crippen molar-refractivity contribution in [3.8, 4) is 0 Å². The van der Waals surface area contributed by atoms with Gasteiger partial charge in [-0.25, -0.2) is 4.39 Å². The molecule has 1 rings (SSSR count). The molecule has 3 heteroatoms. The number of rotatable bonds is 6. The average molecular weight is 302 g/mol. The minimum absolute atomic E-state index is 0.201. The van der Waals surface area contributed by atoms with E-state index in [1.54, 1.807) is 0 Å². The molecule has 0 aliphatic rings. The third kappa shape index (κ3) is 4.40. The number of hydrogen-bond acceptors (Lipinski definition) is 1. The normalized spacial score (nSPS) is 14.6. The molecule has 96 valence electrons. The lowest BCUT2D eigenvalue weighted by Crippen LogP contribution is -2.22. The molecule has 2 unspecified atom stereocenters. The molecule has 1 N–H and O–H groups in total. The zero-order valence-electron chi connectivity index (χ0n) is 10.8. The molecule has 0 radical (unpaired) electrons. The van der Waals surface area contributed by atoms with E-state index in [9.17, 15) is 4.39 Å². The van der Waals surface area contributed by atoms with Crippen molar-refractivity contribution in [2.75, 3.05) is 6.54 Å². The van der Waals surface area contributed by atoms with Crippen LogP contribution in [0.5, 0.6) is 0 Å². The van der Waals surface area contributed by atoms with Crippen LogP contribution in [-0.4, -0.2) is 6.54 Å². The van der Waals surface area contributed by atoms with Gasteiger partial charge in [0, 0.05) is 6.04 Å². The van der Waals surface area contributed by atoms with Gasteiger partial charge in [-0.1, -0.05) is 33.3 Å². The smallest absolute Gasteiger partial charge is 0.137 e. The van der Waals surface area contributed by atoms with Crippen LogP contribution in [0.3, 0.4) is 0 Å². The van der Waals surface area contributed by atoms with Gasteiger partial charge in [0.15, 0.2) is 0 Å². The lowest BCUT2D eigenvalue weighted by atomic mass is 9.94. The molecule has 0 saturated heterocycles. The summed E-state index contributed by atoms with van der Waals surface area (Å²) >= 11 is 3.25. The van der Waals surface area contributed by atoms with Gasteiger partial charge in [0.25, 0.3) is 0 Å². The van der Waals surface area contributed by atoms with Crippen molar-refractivity contribution in [1.29, 1.82) is 0 Å². The maximum absolute atomic E-state index is 13.2. The van der Waals surface area contributed by atoms with Crippen LogP contribution in [0.4, 0.5) is 4.39 Å². The summed E-state index contributed by atoms with van der Waals surface area (Å²) in [6.07, 6.45) is 2.26. The summed E-state index contributed by atoms with van der Waals surface area (Å²) in [6, 6.07) is 5.59. The molecule has 1 nitrogen and oxygen atoms in total. The predicted octanol–water partition coefficient (Wildman–Crippen LogP) is 4.68. The molecule has 1 aromatic carbocycles. The second kappa shape index (κ2) is 7.12. The van der Waals surface area contributed by atoms with Gasteiger partial charge in [-0.3, -0.25) is 0 Å². The zero-order valence-corrected chi connectivity index (χ0v) is 12.3. The van der Waals surface area contributed by atoms with E-state index in [1.165, 1.54) is 12.5 Å². The molecule has 17 heavy (non-hydrogen) atoms. The second-order valence-electron chi connectivity index (χ2n) is 4.53. The predicted molar refractivity (Wildman–Crippen MR) is 74.6 cm³/mol. The highest BCUT2D eigenvalue weighted by molar-refractivity contribution is 9.10. The van der Waals surface area contributed by atoms with E-state index in [0.717, 1.165) is 18.5 Å². The van der Waals surface area contributed by atoms with Crippen molar-refractivity contribution in [1.82, 2.24) is 5.32 Å². The molecule has 0 amide bonds. The molecule has 1 aromatic rings. The minimum Gasteiger partial charge on any atom is -0.310 e. The molecule has 0 heterocycles. The van der Waals surface area contributed by atoms with Crippen LogP contribution in [0.1, 0.15) is 45.2 Å². The summed E-state index contributed by atoms with van der Waals surface area (Å²) in [5.41, 5.74) is 1.15. The van der Waals surface area contributed by atoms with Gasteiger partial charge in [-0.05, 0) is 52.5 Å². The number of nitrogens with one attached hydrogen (secondary N) is 1. The first-order valence-electron chi connectivity index (χ1n) is 6.26. The topological polar surface area (TPSA) is 12.0 Å². The van der Waals surface area contributed by atoms with Crippen molar-refractivity contribution in [2.45, 2.75) is 39.7 Å². The first-order valence-corrected chi connectivity index (χ1v) is 7.06. The summed E-state index contributed by atoms with van der Waals surface area (Å²) in [6.45, 7) is 7.48. The van der Waals surface area contributed by atoms with Crippen LogP contribution < -0.4 is 5.32 Å². The summed E-state index contributed by atoms with van der Waals surface area (Å²) < 4.78 is 13.8.